The highest BCUT2D eigenvalue weighted by Crippen LogP contribution is 2.17. The second kappa shape index (κ2) is 6.39. The molecule has 1 N–H and O–H groups in total. The molecule has 1 aliphatic rings. The molecule has 2 heterocycles. The normalized spacial score (nSPS) is 16.9. The number of nitrogens with one attached hydrogen (secondary N) is 1. The molecule has 0 unspecified atom stereocenters. The third-order valence-corrected chi connectivity index (χ3v) is 3.73. The summed E-state index contributed by atoms with van der Waals surface area (Å²) in [5.41, 5.74) is 0.567. The molecule has 1 saturated heterocycles. The average Bonchev–Trinajstić information content (AvgIpc) is 2.46. The minimum Gasteiger partial charge on any atom is -0.369 e. The molecule has 1 aliphatic heterocycles. The summed E-state index contributed by atoms with van der Waals surface area (Å²) in [5.74, 6) is 0.618. The minimum atomic E-state index is -0.0317. The maximum atomic E-state index is 12.5. The van der Waals surface area contributed by atoms with Gasteiger partial charge < -0.3 is 10.2 Å². The largest absolute Gasteiger partial charge is 0.369 e. The zero-order valence-corrected chi connectivity index (χ0v) is 13.4. The fourth-order valence-corrected chi connectivity index (χ4v) is 2.48. The van der Waals surface area contributed by atoms with Crippen molar-refractivity contribution < 1.29 is 4.79 Å². The summed E-state index contributed by atoms with van der Waals surface area (Å²) in [6, 6.07) is 0. The Labute approximate surface area is 126 Å². The number of hydrogen-bond donors (Lipinski definition) is 1. The first kappa shape index (κ1) is 15.7. The van der Waals surface area contributed by atoms with Crippen molar-refractivity contribution in [2.24, 2.45) is 0 Å². The van der Waals surface area contributed by atoms with Crippen molar-refractivity contribution in [3.8, 4) is 0 Å². The van der Waals surface area contributed by atoms with E-state index in [9.17, 15) is 4.79 Å². The summed E-state index contributed by atoms with van der Waals surface area (Å²) in [7, 11) is 0. The van der Waals surface area contributed by atoms with E-state index in [-0.39, 0.29) is 11.4 Å². The van der Waals surface area contributed by atoms with Gasteiger partial charge in [-0.15, -0.1) is 0 Å². The summed E-state index contributed by atoms with van der Waals surface area (Å²) in [6.45, 7) is 12.6. The van der Waals surface area contributed by atoms with E-state index >= 15 is 0 Å². The summed E-state index contributed by atoms with van der Waals surface area (Å²) in [6.07, 6.45) is 3.18. The topological polar surface area (TPSA) is 61.4 Å². The van der Waals surface area contributed by atoms with E-state index in [0.29, 0.717) is 11.5 Å². The Kier molecular flexibility index (Phi) is 4.77. The number of carbonyl (C=O) groups excluding carboxylic acids is 1. The molecule has 1 fully saturated rings. The Morgan fingerprint density at radius 3 is 2.48 bits per heavy atom. The van der Waals surface area contributed by atoms with Crippen molar-refractivity contribution in [3.63, 3.8) is 0 Å². The van der Waals surface area contributed by atoms with E-state index < -0.39 is 0 Å². The third kappa shape index (κ3) is 3.91. The third-order valence-electron chi connectivity index (χ3n) is 3.73. The van der Waals surface area contributed by atoms with Crippen molar-refractivity contribution in [1.82, 2.24) is 19.8 Å². The molecule has 2 rings (SSSR count). The molecule has 6 heteroatoms. The molecular formula is C15H25N5O. The number of amides is 1. The molecule has 0 spiro atoms. The van der Waals surface area contributed by atoms with Gasteiger partial charge in [-0.25, -0.2) is 4.98 Å². The second-order valence-electron chi connectivity index (χ2n) is 6.27. The second-order valence-corrected chi connectivity index (χ2v) is 6.27. The minimum absolute atomic E-state index is 0.0317. The standard InChI is InChI=1S/C15H25N5O/c1-5-17-13-11-16-10-12(18-13)14(21)19-6-8-20(9-7-19)15(2,3)4/h10-11H,5-9H2,1-4H3,(H,17,18). The van der Waals surface area contributed by atoms with Crippen molar-refractivity contribution in [2.45, 2.75) is 33.2 Å². The number of anilines is 1. The summed E-state index contributed by atoms with van der Waals surface area (Å²) in [4.78, 5) is 25.2. The zero-order valence-electron chi connectivity index (χ0n) is 13.4. The number of rotatable bonds is 3. The van der Waals surface area contributed by atoms with Gasteiger partial charge in [-0.2, -0.15) is 0 Å². The first-order valence-electron chi connectivity index (χ1n) is 7.52. The van der Waals surface area contributed by atoms with E-state index in [1.807, 2.05) is 11.8 Å². The first-order chi connectivity index (χ1) is 9.91. The Morgan fingerprint density at radius 1 is 1.24 bits per heavy atom. The lowest BCUT2D eigenvalue weighted by Crippen LogP contribution is -2.54. The molecule has 116 valence electrons. The molecule has 1 aromatic rings. The molecule has 1 amide bonds. The molecule has 0 aliphatic carbocycles. The molecule has 0 saturated carbocycles. The SMILES string of the molecule is CCNc1cncc(C(=O)N2CCN(C(C)(C)C)CC2)n1. The summed E-state index contributed by atoms with van der Waals surface area (Å²) < 4.78 is 0. The van der Waals surface area contributed by atoms with Crippen molar-refractivity contribution >= 4 is 11.7 Å². The van der Waals surface area contributed by atoms with E-state index in [2.05, 4.69) is 41.0 Å². The van der Waals surface area contributed by atoms with Crippen LogP contribution >= 0.6 is 0 Å². The van der Waals surface area contributed by atoms with Crippen LogP contribution in [0.1, 0.15) is 38.2 Å². The Hall–Kier alpha value is -1.69. The van der Waals surface area contributed by atoms with Crippen LogP contribution in [-0.2, 0) is 0 Å². The van der Waals surface area contributed by atoms with Gasteiger partial charge >= 0.3 is 0 Å². The smallest absolute Gasteiger partial charge is 0.274 e. The highest BCUT2D eigenvalue weighted by atomic mass is 16.2. The Balaban J connectivity index is 2.00. The summed E-state index contributed by atoms with van der Waals surface area (Å²) in [5, 5.41) is 3.08. The van der Waals surface area contributed by atoms with Crippen molar-refractivity contribution in [2.75, 3.05) is 38.0 Å². The molecule has 0 aromatic carbocycles. The lowest BCUT2D eigenvalue weighted by molar-refractivity contribution is 0.0446. The van der Waals surface area contributed by atoms with Gasteiger partial charge in [0.2, 0.25) is 0 Å². The molecule has 0 bridgehead atoms. The van der Waals surface area contributed by atoms with Crippen LogP contribution in [0.3, 0.4) is 0 Å². The average molecular weight is 291 g/mol. The monoisotopic (exact) mass is 291 g/mol. The lowest BCUT2D eigenvalue weighted by Gasteiger charge is -2.42. The maximum absolute atomic E-state index is 12.5. The molecule has 0 atom stereocenters. The van der Waals surface area contributed by atoms with Crippen molar-refractivity contribution in [3.05, 3.63) is 18.1 Å². The Bertz CT molecular complexity index is 489. The number of carbonyl (C=O) groups is 1. The fraction of sp³-hybridized carbons (Fsp3) is 0.667. The highest BCUT2D eigenvalue weighted by Gasteiger charge is 2.28. The zero-order chi connectivity index (χ0) is 15.5. The van der Waals surface area contributed by atoms with Crippen LogP contribution in [0.2, 0.25) is 0 Å². The van der Waals surface area contributed by atoms with Crippen LogP contribution in [0.15, 0.2) is 12.4 Å². The van der Waals surface area contributed by atoms with Crippen molar-refractivity contribution in [1.29, 1.82) is 0 Å². The lowest BCUT2D eigenvalue weighted by atomic mass is 10.0. The van der Waals surface area contributed by atoms with E-state index in [1.54, 1.807) is 12.4 Å². The van der Waals surface area contributed by atoms with Crippen LogP contribution in [0, 0.1) is 0 Å². The van der Waals surface area contributed by atoms with Crippen LogP contribution < -0.4 is 5.32 Å². The van der Waals surface area contributed by atoms with Gasteiger partial charge in [0, 0.05) is 38.3 Å². The molecule has 6 nitrogen and oxygen atoms in total. The van der Waals surface area contributed by atoms with E-state index in [0.717, 1.165) is 32.7 Å². The Morgan fingerprint density at radius 2 is 1.90 bits per heavy atom. The number of piperazine rings is 1. The first-order valence-corrected chi connectivity index (χ1v) is 7.52. The molecular weight excluding hydrogens is 266 g/mol. The van der Waals surface area contributed by atoms with Gasteiger partial charge in [-0.3, -0.25) is 14.7 Å². The van der Waals surface area contributed by atoms with Crippen LogP contribution in [0.25, 0.3) is 0 Å². The van der Waals surface area contributed by atoms with Gasteiger partial charge in [-0.1, -0.05) is 0 Å². The highest BCUT2D eigenvalue weighted by molar-refractivity contribution is 5.92. The van der Waals surface area contributed by atoms with E-state index in [4.69, 9.17) is 0 Å². The molecule has 1 aromatic heterocycles. The number of aromatic nitrogens is 2. The van der Waals surface area contributed by atoms with Crippen LogP contribution in [0.5, 0.6) is 0 Å². The van der Waals surface area contributed by atoms with E-state index in [1.165, 1.54) is 0 Å². The number of nitrogens with zero attached hydrogens (tertiary/aromatic N) is 4. The molecule has 0 radical (unpaired) electrons. The van der Waals surface area contributed by atoms with Crippen LogP contribution in [0.4, 0.5) is 5.82 Å². The van der Waals surface area contributed by atoms with Gasteiger partial charge in [0.15, 0.2) is 0 Å². The van der Waals surface area contributed by atoms with Gasteiger partial charge in [0.05, 0.1) is 12.4 Å². The van der Waals surface area contributed by atoms with Gasteiger partial charge in [-0.05, 0) is 27.7 Å². The fourth-order valence-electron chi connectivity index (χ4n) is 2.48. The summed E-state index contributed by atoms with van der Waals surface area (Å²) >= 11 is 0. The quantitative estimate of drug-likeness (QED) is 0.913. The molecule has 21 heavy (non-hydrogen) atoms. The predicted molar refractivity (Wildman–Crippen MR) is 83.4 cm³/mol. The van der Waals surface area contributed by atoms with Gasteiger partial charge in [0.25, 0.3) is 5.91 Å². The van der Waals surface area contributed by atoms with Crippen LogP contribution in [-0.4, -0.2) is 63.9 Å². The maximum Gasteiger partial charge on any atom is 0.274 e. The van der Waals surface area contributed by atoms with Gasteiger partial charge in [0.1, 0.15) is 11.5 Å². The number of hydrogen-bond acceptors (Lipinski definition) is 5. The predicted octanol–water partition coefficient (Wildman–Crippen LogP) is 1.46.